The molecule has 0 unspecified atom stereocenters. The minimum atomic E-state index is -1.62. The summed E-state index contributed by atoms with van der Waals surface area (Å²) in [5.74, 6) is -2.05. The number of ether oxygens (including phenoxy) is 1. The van der Waals surface area contributed by atoms with E-state index in [9.17, 15) is 19.7 Å². The predicted octanol–water partition coefficient (Wildman–Crippen LogP) is 2.95. The van der Waals surface area contributed by atoms with Gasteiger partial charge >= 0.3 is 5.97 Å². The summed E-state index contributed by atoms with van der Waals surface area (Å²) in [7, 11) is 1.21. The number of carbonyl (C=O) groups is 2. The molecule has 0 saturated heterocycles. The molecule has 0 fully saturated rings. The largest absolute Gasteiger partial charge is 0.468 e. The van der Waals surface area contributed by atoms with Crippen LogP contribution in [0.4, 0.5) is 0 Å². The van der Waals surface area contributed by atoms with Crippen LogP contribution in [-0.2, 0) is 16.0 Å². The number of rotatable bonds is 5. The molecule has 134 valence electrons. The minimum Gasteiger partial charge on any atom is -0.468 e. The fourth-order valence-corrected chi connectivity index (χ4v) is 3.78. The smallest absolute Gasteiger partial charge is 0.320 e. The van der Waals surface area contributed by atoms with E-state index in [1.54, 1.807) is 36.4 Å². The first-order valence-corrected chi connectivity index (χ1v) is 8.29. The molecule has 1 aliphatic rings. The van der Waals surface area contributed by atoms with Crippen molar-refractivity contribution in [2.45, 2.75) is 19.3 Å². The lowest BCUT2D eigenvalue weighted by molar-refractivity contribution is -0.485. The number of methoxy groups -OCH3 is 1. The Kier molecular flexibility index (Phi) is 4.59. The molecule has 3 rings (SSSR count). The third kappa shape index (κ3) is 2.77. The molecule has 0 saturated carbocycles. The number of benzene rings is 2. The van der Waals surface area contributed by atoms with Gasteiger partial charge < -0.3 is 4.74 Å². The van der Waals surface area contributed by atoms with Crippen LogP contribution in [0.15, 0.2) is 48.5 Å². The van der Waals surface area contributed by atoms with Crippen LogP contribution in [0.25, 0.3) is 0 Å². The van der Waals surface area contributed by atoms with Gasteiger partial charge in [0.15, 0.2) is 5.78 Å². The Morgan fingerprint density at radius 2 is 1.88 bits per heavy atom. The van der Waals surface area contributed by atoms with E-state index < -0.39 is 34.6 Å². The molecule has 0 spiro atoms. The zero-order valence-corrected chi connectivity index (χ0v) is 14.6. The van der Waals surface area contributed by atoms with Crippen LogP contribution >= 0.6 is 0 Å². The lowest BCUT2D eigenvalue weighted by atomic mass is 9.69. The molecule has 0 heterocycles. The summed E-state index contributed by atoms with van der Waals surface area (Å²) < 4.78 is 4.96. The summed E-state index contributed by atoms with van der Waals surface area (Å²) in [5, 5.41) is 11.4. The van der Waals surface area contributed by atoms with E-state index in [1.165, 1.54) is 7.11 Å². The molecule has 6 nitrogen and oxygen atoms in total. The molecule has 0 amide bonds. The molecule has 0 N–H and O–H groups in total. The standard InChI is InChI=1S/C20H19NO5/c1-13-7-9-14(10-8-13)17(12-21(24)25)20(19(23)26-2)11-15-5-3-4-6-16(15)18(20)22/h3-10,17H,11-12H2,1-2H3/t17-,20+/m1/s1. The average Bonchev–Trinajstić information content (AvgIpc) is 2.93. The van der Waals surface area contributed by atoms with Crippen LogP contribution in [0, 0.1) is 22.5 Å². The van der Waals surface area contributed by atoms with Gasteiger partial charge in [-0.2, -0.15) is 0 Å². The molecule has 2 aromatic rings. The minimum absolute atomic E-state index is 0.0983. The number of hydrogen-bond donors (Lipinski definition) is 0. The molecule has 6 heteroatoms. The zero-order chi connectivity index (χ0) is 18.9. The lowest BCUT2D eigenvalue weighted by Gasteiger charge is -2.31. The van der Waals surface area contributed by atoms with E-state index in [4.69, 9.17) is 4.74 Å². The molecule has 0 aliphatic heterocycles. The van der Waals surface area contributed by atoms with E-state index in [2.05, 4.69) is 0 Å². The van der Waals surface area contributed by atoms with Crippen LogP contribution in [0.3, 0.4) is 0 Å². The molecule has 0 radical (unpaired) electrons. The number of fused-ring (bicyclic) bond motifs is 1. The highest BCUT2D eigenvalue weighted by Crippen LogP contribution is 2.48. The maximum Gasteiger partial charge on any atom is 0.320 e. The van der Waals surface area contributed by atoms with Gasteiger partial charge in [0.1, 0.15) is 5.41 Å². The monoisotopic (exact) mass is 353 g/mol. The molecule has 0 aromatic heterocycles. The van der Waals surface area contributed by atoms with Crippen molar-refractivity contribution in [3.8, 4) is 0 Å². The van der Waals surface area contributed by atoms with Gasteiger partial charge in [-0.1, -0.05) is 54.1 Å². The second kappa shape index (κ2) is 6.71. The second-order valence-corrected chi connectivity index (χ2v) is 6.60. The van der Waals surface area contributed by atoms with Gasteiger partial charge in [-0.25, -0.2) is 0 Å². The van der Waals surface area contributed by atoms with Crippen molar-refractivity contribution in [2.24, 2.45) is 5.41 Å². The number of nitrogens with zero attached hydrogens (tertiary/aromatic N) is 1. The predicted molar refractivity (Wildman–Crippen MR) is 94.7 cm³/mol. The summed E-state index contributed by atoms with van der Waals surface area (Å²) in [6.45, 7) is 1.37. The van der Waals surface area contributed by atoms with Gasteiger partial charge in [0, 0.05) is 10.5 Å². The van der Waals surface area contributed by atoms with Crippen molar-refractivity contribution in [3.05, 3.63) is 80.9 Å². The summed E-state index contributed by atoms with van der Waals surface area (Å²) in [4.78, 5) is 37.0. The van der Waals surface area contributed by atoms with E-state index in [1.807, 2.05) is 19.1 Å². The quantitative estimate of drug-likeness (QED) is 0.357. The SMILES string of the molecule is COC(=O)[C@]1([C@H](C[N+](=O)[O-])c2ccc(C)cc2)Cc2ccccc2C1=O. The Hall–Kier alpha value is -3.02. The summed E-state index contributed by atoms with van der Waals surface area (Å²) in [6, 6.07) is 14.1. The van der Waals surface area contributed by atoms with E-state index >= 15 is 0 Å². The first kappa shape index (κ1) is 17.8. The van der Waals surface area contributed by atoms with Crippen molar-refractivity contribution in [1.82, 2.24) is 0 Å². The lowest BCUT2D eigenvalue weighted by Crippen LogP contribution is -2.46. The molecule has 26 heavy (non-hydrogen) atoms. The number of carbonyl (C=O) groups excluding carboxylic acids is 2. The molecule has 1 aliphatic carbocycles. The first-order chi connectivity index (χ1) is 12.4. The Labute approximate surface area is 150 Å². The Balaban J connectivity index is 2.19. The van der Waals surface area contributed by atoms with Crippen molar-refractivity contribution in [3.63, 3.8) is 0 Å². The Bertz CT molecular complexity index is 874. The summed E-state index contributed by atoms with van der Waals surface area (Å²) in [6.07, 6.45) is 0.0983. The first-order valence-electron chi connectivity index (χ1n) is 8.29. The van der Waals surface area contributed by atoms with Gasteiger partial charge in [-0.05, 0) is 24.5 Å². The molecule has 0 bridgehead atoms. The molecular formula is C20H19NO5. The van der Waals surface area contributed by atoms with Gasteiger partial charge in [0.05, 0.1) is 13.0 Å². The van der Waals surface area contributed by atoms with Crippen molar-refractivity contribution < 1.29 is 19.2 Å². The topological polar surface area (TPSA) is 86.5 Å². The number of Topliss-reactive ketones (excluding diaryl/α,β-unsaturated/α-hetero) is 1. The second-order valence-electron chi connectivity index (χ2n) is 6.60. The molecular weight excluding hydrogens is 334 g/mol. The number of esters is 1. The van der Waals surface area contributed by atoms with Gasteiger partial charge in [-0.15, -0.1) is 0 Å². The highest BCUT2D eigenvalue weighted by molar-refractivity contribution is 6.16. The Morgan fingerprint density at radius 3 is 2.46 bits per heavy atom. The summed E-state index contributed by atoms with van der Waals surface area (Å²) in [5.41, 5.74) is 1.09. The number of nitro groups is 1. The van der Waals surface area contributed by atoms with Crippen LogP contribution in [0.1, 0.15) is 33.0 Å². The zero-order valence-electron chi connectivity index (χ0n) is 14.6. The third-order valence-electron chi connectivity index (χ3n) is 5.09. The fourth-order valence-electron chi connectivity index (χ4n) is 3.78. The highest BCUT2D eigenvalue weighted by atomic mass is 16.6. The van der Waals surface area contributed by atoms with Gasteiger partial charge in [-0.3, -0.25) is 19.7 Å². The molecule has 2 aromatic carbocycles. The average molecular weight is 353 g/mol. The van der Waals surface area contributed by atoms with Gasteiger partial charge in [0.25, 0.3) is 0 Å². The number of aryl methyl sites for hydroxylation is 1. The van der Waals surface area contributed by atoms with E-state index in [0.717, 1.165) is 5.56 Å². The van der Waals surface area contributed by atoms with Crippen molar-refractivity contribution in [2.75, 3.05) is 13.7 Å². The van der Waals surface area contributed by atoms with Crippen LogP contribution in [0.5, 0.6) is 0 Å². The van der Waals surface area contributed by atoms with Crippen molar-refractivity contribution >= 4 is 11.8 Å². The van der Waals surface area contributed by atoms with Gasteiger partial charge in [0.2, 0.25) is 6.54 Å². The third-order valence-corrected chi connectivity index (χ3v) is 5.09. The highest BCUT2D eigenvalue weighted by Gasteiger charge is 2.59. The maximum atomic E-state index is 13.3. The molecule has 2 atom stereocenters. The normalized spacial score (nSPS) is 19.7. The van der Waals surface area contributed by atoms with Crippen LogP contribution in [-0.4, -0.2) is 30.3 Å². The van der Waals surface area contributed by atoms with E-state index in [-0.39, 0.29) is 6.42 Å². The fraction of sp³-hybridized carbons (Fsp3) is 0.300. The van der Waals surface area contributed by atoms with Crippen LogP contribution < -0.4 is 0 Å². The van der Waals surface area contributed by atoms with E-state index in [0.29, 0.717) is 16.7 Å². The maximum absolute atomic E-state index is 13.3. The van der Waals surface area contributed by atoms with Crippen molar-refractivity contribution in [1.29, 1.82) is 0 Å². The number of hydrogen-bond acceptors (Lipinski definition) is 5. The van der Waals surface area contributed by atoms with Crippen LogP contribution in [0.2, 0.25) is 0 Å². The number of ketones is 1. The Morgan fingerprint density at radius 1 is 1.23 bits per heavy atom. The summed E-state index contributed by atoms with van der Waals surface area (Å²) >= 11 is 0.